The molecule has 4 nitrogen and oxygen atoms in total. The molecule has 0 heterocycles. The van der Waals surface area contributed by atoms with Crippen molar-refractivity contribution < 1.29 is 13.2 Å². The summed E-state index contributed by atoms with van der Waals surface area (Å²) in [6.45, 7) is 4.15. The van der Waals surface area contributed by atoms with E-state index in [0.29, 0.717) is 24.5 Å². The first-order valence-electron chi connectivity index (χ1n) is 5.25. The molecule has 1 rings (SSSR count). The van der Waals surface area contributed by atoms with Gasteiger partial charge < -0.3 is 10.5 Å². The number of benzene rings is 1. The van der Waals surface area contributed by atoms with Crippen LogP contribution in [0, 0.1) is 0 Å². The van der Waals surface area contributed by atoms with E-state index >= 15 is 0 Å². The maximum atomic E-state index is 11.8. The molecule has 5 heteroatoms. The molecule has 0 aliphatic rings. The van der Waals surface area contributed by atoms with Crippen LogP contribution in [0.4, 0.5) is 5.69 Å². The van der Waals surface area contributed by atoms with Crippen molar-refractivity contribution in [3.8, 4) is 5.75 Å². The Bertz CT molecular complexity index is 454. The first-order chi connectivity index (χ1) is 7.49. The molecule has 0 saturated heterocycles. The molecule has 1 aromatic carbocycles. The molecule has 0 radical (unpaired) electrons. The molecular formula is C11H17NO3S. The van der Waals surface area contributed by atoms with Crippen molar-refractivity contribution >= 4 is 15.5 Å². The Kier molecular flexibility index (Phi) is 4.18. The van der Waals surface area contributed by atoms with Crippen LogP contribution in [0.15, 0.2) is 23.1 Å². The lowest BCUT2D eigenvalue weighted by molar-refractivity contribution is 0.339. The highest BCUT2D eigenvalue weighted by Crippen LogP contribution is 2.23. The topological polar surface area (TPSA) is 69.4 Å². The van der Waals surface area contributed by atoms with Gasteiger partial charge in [-0.15, -0.1) is 0 Å². The van der Waals surface area contributed by atoms with Gasteiger partial charge >= 0.3 is 0 Å². The summed E-state index contributed by atoms with van der Waals surface area (Å²) in [7, 11) is -3.23. The summed E-state index contributed by atoms with van der Waals surface area (Å²) in [4.78, 5) is 0.234. The molecule has 16 heavy (non-hydrogen) atoms. The van der Waals surface area contributed by atoms with Crippen LogP contribution in [0.1, 0.15) is 20.3 Å². The SMILES string of the molecule is CCCS(=O)(=O)c1cc(N)cc(OCC)c1. The fraction of sp³-hybridized carbons (Fsp3) is 0.455. The Morgan fingerprint density at radius 3 is 2.50 bits per heavy atom. The highest BCUT2D eigenvalue weighted by molar-refractivity contribution is 7.91. The Morgan fingerprint density at radius 1 is 1.25 bits per heavy atom. The van der Waals surface area contributed by atoms with Crippen LogP contribution in [-0.4, -0.2) is 20.8 Å². The predicted octanol–water partition coefficient (Wildman–Crippen LogP) is 1.85. The molecule has 0 saturated carbocycles. The van der Waals surface area contributed by atoms with Gasteiger partial charge in [-0.3, -0.25) is 0 Å². The molecule has 2 N–H and O–H groups in total. The van der Waals surface area contributed by atoms with Crippen molar-refractivity contribution in [2.45, 2.75) is 25.2 Å². The van der Waals surface area contributed by atoms with Crippen LogP contribution in [0.5, 0.6) is 5.75 Å². The highest BCUT2D eigenvalue weighted by atomic mass is 32.2. The molecule has 0 fully saturated rings. The Hall–Kier alpha value is -1.23. The van der Waals surface area contributed by atoms with Gasteiger partial charge in [0.1, 0.15) is 5.75 Å². The van der Waals surface area contributed by atoms with Crippen LogP contribution in [0.25, 0.3) is 0 Å². The molecule has 0 aromatic heterocycles. The number of anilines is 1. The quantitative estimate of drug-likeness (QED) is 0.801. The molecule has 0 unspecified atom stereocenters. The zero-order valence-electron chi connectivity index (χ0n) is 9.56. The minimum Gasteiger partial charge on any atom is -0.494 e. The number of sulfone groups is 1. The molecular weight excluding hydrogens is 226 g/mol. The van der Waals surface area contributed by atoms with E-state index in [9.17, 15) is 8.42 Å². The van der Waals surface area contributed by atoms with Gasteiger partial charge in [0.05, 0.1) is 17.3 Å². The second-order valence-corrected chi connectivity index (χ2v) is 5.60. The maximum absolute atomic E-state index is 11.8. The van der Waals surface area contributed by atoms with Crippen molar-refractivity contribution in [2.24, 2.45) is 0 Å². The van der Waals surface area contributed by atoms with Crippen molar-refractivity contribution in [3.05, 3.63) is 18.2 Å². The minimum absolute atomic E-state index is 0.127. The number of nitrogens with two attached hydrogens (primary N) is 1. The summed E-state index contributed by atoms with van der Waals surface area (Å²) >= 11 is 0. The molecule has 0 aliphatic heterocycles. The van der Waals surface area contributed by atoms with Crippen LogP contribution in [0.3, 0.4) is 0 Å². The summed E-state index contributed by atoms with van der Waals surface area (Å²) in [5.74, 6) is 0.624. The first kappa shape index (κ1) is 12.8. The van der Waals surface area contributed by atoms with Crippen LogP contribution < -0.4 is 10.5 Å². The lowest BCUT2D eigenvalue weighted by atomic mass is 10.3. The maximum Gasteiger partial charge on any atom is 0.178 e. The van der Waals surface area contributed by atoms with Gasteiger partial charge in [-0.1, -0.05) is 6.92 Å². The largest absolute Gasteiger partial charge is 0.494 e. The van der Waals surface area contributed by atoms with Gasteiger partial charge in [0.15, 0.2) is 9.84 Å². The molecule has 90 valence electrons. The number of nitrogen functional groups attached to an aromatic ring is 1. The Morgan fingerprint density at radius 2 is 1.94 bits per heavy atom. The van der Waals surface area contributed by atoms with Gasteiger partial charge in [0.2, 0.25) is 0 Å². The van der Waals surface area contributed by atoms with Crippen LogP contribution >= 0.6 is 0 Å². The number of hydrogen-bond donors (Lipinski definition) is 1. The van der Waals surface area contributed by atoms with Crippen LogP contribution in [0.2, 0.25) is 0 Å². The van der Waals surface area contributed by atoms with Gasteiger partial charge in [0, 0.05) is 11.8 Å². The van der Waals surface area contributed by atoms with E-state index in [2.05, 4.69) is 0 Å². The van der Waals surface area contributed by atoms with Gasteiger partial charge in [0.25, 0.3) is 0 Å². The molecule has 0 spiro atoms. The normalized spacial score (nSPS) is 11.4. The van der Waals surface area contributed by atoms with Crippen LogP contribution in [-0.2, 0) is 9.84 Å². The molecule has 1 aromatic rings. The van der Waals surface area contributed by atoms with Crippen molar-refractivity contribution in [1.82, 2.24) is 0 Å². The lowest BCUT2D eigenvalue weighted by Gasteiger charge is -2.08. The summed E-state index contributed by atoms with van der Waals surface area (Å²) < 4.78 is 28.9. The first-order valence-corrected chi connectivity index (χ1v) is 6.91. The van der Waals surface area contributed by atoms with Crippen molar-refractivity contribution in [3.63, 3.8) is 0 Å². The van der Waals surface area contributed by atoms with Gasteiger partial charge in [-0.2, -0.15) is 0 Å². The summed E-state index contributed by atoms with van der Waals surface area (Å²) in [5.41, 5.74) is 6.04. The predicted molar refractivity (Wildman–Crippen MR) is 64.4 cm³/mol. The molecule has 0 bridgehead atoms. The number of rotatable bonds is 5. The zero-order valence-corrected chi connectivity index (χ0v) is 10.4. The second kappa shape index (κ2) is 5.21. The average Bonchev–Trinajstić information content (AvgIpc) is 2.17. The third-order valence-electron chi connectivity index (χ3n) is 2.05. The lowest BCUT2D eigenvalue weighted by Crippen LogP contribution is -2.07. The summed E-state index contributed by atoms with van der Waals surface area (Å²) in [5, 5.41) is 0. The Labute approximate surface area is 96.3 Å². The van der Waals surface area contributed by atoms with E-state index in [0.717, 1.165) is 0 Å². The molecule has 0 amide bonds. The molecule has 0 atom stereocenters. The van der Waals surface area contributed by atoms with E-state index in [-0.39, 0.29) is 10.6 Å². The van der Waals surface area contributed by atoms with E-state index in [1.807, 2.05) is 13.8 Å². The molecule has 0 aliphatic carbocycles. The van der Waals surface area contributed by atoms with E-state index in [1.54, 1.807) is 6.07 Å². The summed E-state index contributed by atoms with van der Waals surface area (Å²) in [6.07, 6.45) is 0.584. The van der Waals surface area contributed by atoms with Crippen molar-refractivity contribution in [2.75, 3.05) is 18.1 Å². The number of ether oxygens (including phenoxy) is 1. The smallest absolute Gasteiger partial charge is 0.178 e. The fourth-order valence-corrected chi connectivity index (χ4v) is 2.79. The minimum atomic E-state index is -3.23. The monoisotopic (exact) mass is 243 g/mol. The third kappa shape index (κ3) is 3.13. The van der Waals surface area contributed by atoms with E-state index in [4.69, 9.17) is 10.5 Å². The second-order valence-electron chi connectivity index (χ2n) is 3.49. The third-order valence-corrected chi connectivity index (χ3v) is 3.94. The van der Waals surface area contributed by atoms with Gasteiger partial charge in [-0.25, -0.2) is 8.42 Å². The average molecular weight is 243 g/mol. The standard InChI is InChI=1S/C11H17NO3S/c1-3-5-16(13,14)11-7-9(12)6-10(8-11)15-4-2/h6-8H,3-5,12H2,1-2H3. The van der Waals surface area contributed by atoms with Gasteiger partial charge in [-0.05, 0) is 25.5 Å². The zero-order chi connectivity index (χ0) is 12.2. The van der Waals surface area contributed by atoms with Crippen molar-refractivity contribution in [1.29, 1.82) is 0 Å². The fourth-order valence-electron chi connectivity index (χ4n) is 1.41. The summed E-state index contributed by atoms with van der Waals surface area (Å²) in [6, 6.07) is 4.60. The van der Waals surface area contributed by atoms with E-state index < -0.39 is 9.84 Å². The number of hydrogen-bond acceptors (Lipinski definition) is 4. The van der Waals surface area contributed by atoms with E-state index in [1.165, 1.54) is 12.1 Å². The highest BCUT2D eigenvalue weighted by Gasteiger charge is 2.14. The Balaban J connectivity index is 3.14.